The summed E-state index contributed by atoms with van der Waals surface area (Å²) in [4.78, 5) is 17.2. The largest absolute Gasteiger partial charge is 0.489 e. The molecule has 0 saturated carbocycles. The van der Waals surface area contributed by atoms with Crippen molar-refractivity contribution in [3.05, 3.63) is 99.0 Å². The van der Waals surface area contributed by atoms with Crippen LogP contribution in [-0.2, 0) is 13.2 Å². The van der Waals surface area contributed by atoms with Crippen LogP contribution in [0, 0.1) is 6.92 Å². The number of carbonyl (C=O) groups is 1. The van der Waals surface area contributed by atoms with Gasteiger partial charge in [-0.2, -0.15) is 0 Å². The van der Waals surface area contributed by atoms with Crippen molar-refractivity contribution in [3.8, 4) is 5.75 Å². The summed E-state index contributed by atoms with van der Waals surface area (Å²) in [5.74, 6) is 0.852. The molecule has 0 spiro atoms. The van der Waals surface area contributed by atoms with Gasteiger partial charge in [-0.05, 0) is 60.0 Å². The number of ether oxygens (including phenoxy) is 1. The van der Waals surface area contributed by atoms with E-state index in [4.69, 9.17) is 27.9 Å². The Morgan fingerprint density at radius 1 is 0.906 bits per heavy atom. The van der Waals surface area contributed by atoms with Gasteiger partial charge in [0.25, 0.3) is 5.91 Å². The maximum Gasteiger partial charge on any atom is 0.253 e. The first-order valence-electron chi connectivity index (χ1n) is 10.7. The molecule has 1 fully saturated rings. The van der Waals surface area contributed by atoms with Crippen molar-refractivity contribution >= 4 is 29.1 Å². The van der Waals surface area contributed by atoms with Crippen molar-refractivity contribution in [3.63, 3.8) is 0 Å². The highest BCUT2D eigenvalue weighted by Gasteiger charge is 2.22. The summed E-state index contributed by atoms with van der Waals surface area (Å²) in [5, 5.41) is 1.52. The molecule has 1 aliphatic rings. The fourth-order valence-electron chi connectivity index (χ4n) is 3.78. The van der Waals surface area contributed by atoms with Gasteiger partial charge < -0.3 is 9.64 Å². The van der Waals surface area contributed by atoms with Crippen molar-refractivity contribution in [1.29, 1.82) is 0 Å². The third kappa shape index (κ3) is 5.63. The average Bonchev–Trinajstić information content (AvgIpc) is 2.82. The second-order valence-corrected chi connectivity index (χ2v) is 8.87. The van der Waals surface area contributed by atoms with E-state index in [1.54, 1.807) is 0 Å². The molecule has 0 bridgehead atoms. The molecule has 0 radical (unpaired) electrons. The number of piperazine rings is 1. The van der Waals surface area contributed by atoms with Gasteiger partial charge in [0.15, 0.2) is 0 Å². The van der Waals surface area contributed by atoms with Crippen LogP contribution >= 0.6 is 23.2 Å². The van der Waals surface area contributed by atoms with Gasteiger partial charge in [0.05, 0.1) is 0 Å². The van der Waals surface area contributed by atoms with E-state index >= 15 is 0 Å². The molecule has 0 aliphatic carbocycles. The molecule has 4 rings (SSSR count). The van der Waals surface area contributed by atoms with Crippen molar-refractivity contribution in [2.24, 2.45) is 0 Å². The summed E-state index contributed by atoms with van der Waals surface area (Å²) in [6.07, 6.45) is 0. The molecule has 0 N–H and O–H groups in total. The first-order chi connectivity index (χ1) is 15.5. The van der Waals surface area contributed by atoms with E-state index in [1.807, 2.05) is 72.5 Å². The third-order valence-electron chi connectivity index (χ3n) is 5.75. The number of rotatable bonds is 6. The van der Waals surface area contributed by atoms with Crippen molar-refractivity contribution in [2.45, 2.75) is 20.1 Å². The van der Waals surface area contributed by atoms with E-state index in [0.717, 1.165) is 52.1 Å². The van der Waals surface area contributed by atoms with E-state index < -0.39 is 0 Å². The predicted molar refractivity (Wildman–Crippen MR) is 130 cm³/mol. The second-order valence-electron chi connectivity index (χ2n) is 8.06. The van der Waals surface area contributed by atoms with Gasteiger partial charge in [-0.25, -0.2) is 0 Å². The summed E-state index contributed by atoms with van der Waals surface area (Å²) in [6.45, 7) is 6.30. The van der Waals surface area contributed by atoms with Crippen LogP contribution in [0.3, 0.4) is 0 Å². The predicted octanol–water partition coefficient (Wildman–Crippen LogP) is 5.84. The Morgan fingerprint density at radius 2 is 1.62 bits per heavy atom. The minimum atomic E-state index is 0.0724. The molecule has 32 heavy (non-hydrogen) atoms. The molecule has 3 aromatic rings. The molecule has 0 atom stereocenters. The van der Waals surface area contributed by atoms with Crippen LogP contribution in [-0.4, -0.2) is 41.9 Å². The highest BCUT2D eigenvalue weighted by atomic mass is 35.5. The van der Waals surface area contributed by atoms with Crippen LogP contribution in [0.1, 0.15) is 27.0 Å². The lowest BCUT2D eigenvalue weighted by Gasteiger charge is -2.35. The molecule has 6 heteroatoms. The zero-order chi connectivity index (χ0) is 22.5. The fourth-order valence-corrected chi connectivity index (χ4v) is 4.09. The van der Waals surface area contributed by atoms with Crippen LogP contribution in [0.4, 0.5) is 0 Å². The normalized spacial score (nSPS) is 14.4. The summed E-state index contributed by atoms with van der Waals surface area (Å²) in [7, 11) is 0. The van der Waals surface area contributed by atoms with Gasteiger partial charge in [0, 0.05) is 48.3 Å². The quantitative estimate of drug-likeness (QED) is 0.455. The molecule has 4 nitrogen and oxygen atoms in total. The Kier molecular flexibility index (Phi) is 7.36. The monoisotopic (exact) mass is 468 g/mol. The Balaban J connectivity index is 1.28. The fraction of sp³-hybridized carbons (Fsp3) is 0.269. The van der Waals surface area contributed by atoms with Crippen LogP contribution in [0.2, 0.25) is 10.0 Å². The average molecular weight is 469 g/mol. The number of halogens is 2. The SMILES string of the molecule is Cc1cc(OCc2ccc(C(=O)N3CCN(Cc4ccccc4Cl)CC3)cc2)ccc1Cl. The Morgan fingerprint density at radius 3 is 2.31 bits per heavy atom. The van der Waals surface area contributed by atoms with Gasteiger partial charge in [-0.3, -0.25) is 9.69 Å². The molecule has 3 aromatic carbocycles. The highest BCUT2D eigenvalue weighted by Crippen LogP contribution is 2.22. The summed E-state index contributed by atoms with van der Waals surface area (Å²) >= 11 is 12.3. The number of carbonyl (C=O) groups excluding carboxylic acids is 1. The van der Waals surface area contributed by atoms with E-state index in [2.05, 4.69) is 11.0 Å². The molecular weight excluding hydrogens is 443 g/mol. The van der Waals surface area contributed by atoms with Crippen molar-refractivity contribution < 1.29 is 9.53 Å². The van der Waals surface area contributed by atoms with Gasteiger partial charge in [-0.1, -0.05) is 53.5 Å². The molecule has 1 saturated heterocycles. The van der Waals surface area contributed by atoms with E-state index in [-0.39, 0.29) is 5.91 Å². The van der Waals surface area contributed by atoms with E-state index in [9.17, 15) is 4.79 Å². The zero-order valence-electron chi connectivity index (χ0n) is 18.1. The van der Waals surface area contributed by atoms with Crippen LogP contribution in [0.15, 0.2) is 66.7 Å². The lowest BCUT2D eigenvalue weighted by atomic mass is 10.1. The zero-order valence-corrected chi connectivity index (χ0v) is 19.6. The van der Waals surface area contributed by atoms with Gasteiger partial charge in [-0.15, -0.1) is 0 Å². The number of benzene rings is 3. The Labute approximate surface area is 199 Å². The summed E-state index contributed by atoms with van der Waals surface area (Å²) < 4.78 is 5.84. The van der Waals surface area contributed by atoms with Crippen LogP contribution in [0.5, 0.6) is 5.75 Å². The van der Waals surface area contributed by atoms with Gasteiger partial charge in [0.1, 0.15) is 12.4 Å². The molecule has 1 amide bonds. The van der Waals surface area contributed by atoms with Gasteiger partial charge >= 0.3 is 0 Å². The number of hydrogen-bond acceptors (Lipinski definition) is 3. The molecule has 0 unspecified atom stereocenters. The molecule has 0 aromatic heterocycles. The van der Waals surface area contributed by atoms with E-state index in [0.29, 0.717) is 25.3 Å². The second kappa shape index (κ2) is 10.4. The summed E-state index contributed by atoms with van der Waals surface area (Å²) in [6, 6.07) is 21.2. The van der Waals surface area contributed by atoms with Crippen molar-refractivity contribution in [1.82, 2.24) is 9.80 Å². The number of hydrogen-bond donors (Lipinski definition) is 0. The van der Waals surface area contributed by atoms with E-state index in [1.165, 1.54) is 0 Å². The maximum atomic E-state index is 12.9. The first-order valence-corrected chi connectivity index (χ1v) is 11.5. The number of aryl methyl sites for hydroxylation is 1. The molecule has 1 aliphatic heterocycles. The lowest BCUT2D eigenvalue weighted by molar-refractivity contribution is 0.0628. The molecular formula is C26H26Cl2N2O2. The smallest absolute Gasteiger partial charge is 0.253 e. The Bertz CT molecular complexity index is 1080. The molecule has 166 valence electrons. The van der Waals surface area contributed by atoms with Crippen LogP contribution in [0.25, 0.3) is 0 Å². The summed E-state index contributed by atoms with van der Waals surface area (Å²) in [5.41, 5.74) is 3.83. The van der Waals surface area contributed by atoms with Crippen molar-refractivity contribution in [2.75, 3.05) is 26.2 Å². The topological polar surface area (TPSA) is 32.8 Å². The first kappa shape index (κ1) is 22.7. The van der Waals surface area contributed by atoms with Crippen LogP contribution < -0.4 is 4.74 Å². The molecule has 1 heterocycles. The maximum absolute atomic E-state index is 12.9. The number of nitrogens with zero attached hydrogens (tertiary/aromatic N) is 2. The van der Waals surface area contributed by atoms with Gasteiger partial charge in [0.2, 0.25) is 0 Å². The minimum Gasteiger partial charge on any atom is -0.489 e. The Hall–Kier alpha value is -2.53. The lowest BCUT2D eigenvalue weighted by Crippen LogP contribution is -2.48. The standard InChI is InChI=1S/C26H26Cl2N2O2/c1-19-16-23(10-11-24(19)27)32-18-20-6-8-21(9-7-20)26(31)30-14-12-29(13-15-30)17-22-4-2-3-5-25(22)28/h2-11,16H,12-15,17-18H2,1H3. The highest BCUT2D eigenvalue weighted by molar-refractivity contribution is 6.31. The minimum absolute atomic E-state index is 0.0724. The third-order valence-corrected chi connectivity index (χ3v) is 6.54. The number of amides is 1.